The molecule has 0 spiro atoms. The Morgan fingerprint density at radius 1 is 1.26 bits per heavy atom. The van der Waals surface area contributed by atoms with Gasteiger partial charge in [-0.1, -0.05) is 26.0 Å². The van der Waals surface area contributed by atoms with Crippen LogP contribution in [0.2, 0.25) is 0 Å². The lowest BCUT2D eigenvalue weighted by molar-refractivity contribution is 0.124. The Kier molecular flexibility index (Phi) is 6.99. The zero-order valence-electron chi connectivity index (χ0n) is 11.7. The molecular formula is C15H24FNO2. The molecule has 0 aliphatic rings. The van der Waals surface area contributed by atoms with Crippen LogP contribution in [0, 0.1) is 11.7 Å². The third-order valence-electron chi connectivity index (χ3n) is 2.99. The summed E-state index contributed by atoms with van der Waals surface area (Å²) in [7, 11) is 0. The molecule has 0 aliphatic heterocycles. The fraction of sp³-hybridized carbons (Fsp3) is 0.600. The Bertz CT molecular complexity index is 371. The van der Waals surface area contributed by atoms with Crippen molar-refractivity contribution in [3.05, 3.63) is 35.6 Å². The van der Waals surface area contributed by atoms with E-state index < -0.39 is 6.10 Å². The fourth-order valence-corrected chi connectivity index (χ4v) is 2.14. The lowest BCUT2D eigenvalue weighted by Gasteiger charge is -2.24. The summed E-state index contributed by atoms with van der Waals surface area (Å²) in [5.41, 5.74) is 0.605. The van der Waals surface area contributed by atoms with Crippen molar-refractivity contribution in [2.75, 3.05) is 26.2 Å². The van der Waals surface area contributed by atoms with Crippen molar-refractivity contribution in [3.63, 3.8) is 0 Å². The molecular weight excluding hydrogens is 245 g/mol. The number of rotatable bonds is 8. The molecule has 0 aromatic heterocycles. The molecule has 0 aliphatic carbocycles. The standard InChI is InChI=1S/C15H24FNO2/c1-12(2)11-17(8-9-18)7-6-15(19)13-4-3-5-14(16)10-13/h3-5,10,12,15,18-19H,6-9,11H2,1-2H3. The molecule has 1 aromatic rings. The van der Waals surface area contributed by atoms with E-state index in [1.807, 2.05) is 0 Å². The molecule has 108 valence electrons. The third-order valence-corrected chi connectivity index (χ3v) is 2.99. The first-order chi connectivity index (χ1) is 9.02. The fourth-order valence-electron chi connectivity index (χ4n) is 2.14. The normalized spacial score (nSPS) is 13.2. The van der Waals surface area contributed by atoms with Gasteiger partial charge in [-0.3, -0.25) is 0 Å². The summed E-state index contributed by atoms with van der Waals surface area (Å²) in [5, 5.41) is 19.1. The molecule has 2 N–H and O–H groups in total. The Balaban J connectivity index is 2.49. The average Bonchev–Trinajstić information content (AvgIpc) is 2.35. The van der Waals surface area contributed by atoms with Gasteiger partial charge in [0.1, 0.15) is 5.82 Å². The minimum absolute atomic E-state index is 0.114. The molecule has 4 heteroatoms. The summed E-state index contributed by atoms with van der Waals surface area (Å²) < 4.78 is 13.1. The second kappa shape index (κ2) is 8.25. The quantitative estimate of drug-likeness (QED) is 0.760. The monoisotopic (exact) mass is 269 g/mol. The SMILES string of the molecule is CC(C)CN(CCO)CCC(O)c1cccc(F)c1. The molecule has 0 radical (unpaired) electrons. The number of aliphatic hydroxyl groups excluding tert-OH is 2. The molecule has 0 fully saturated rings. The van der Waals surface area contributed by atoms with E-state index in [-0.39, 0.29) is 12.4 Å². The zero-order chi connectivity index (χ0) is 14.3. The smallest absolute Gasteiger partial charge is 0.123 e. The summed E-state index contributed by atoms with van der Waals surface area (Å²) in [5.74, 6) is 0.184. The van der Waals surface area contributed by atoms with Crippen LogP contribution in [-0.4, -0.2) is 41.4 Å². The first kappa shape index (κ1) is 16.1. The van der Waals surface area contributed by atoms with Gasteiger partial charge in [0.05, 0.1) is 12.7 Å². The topological polar surface area (TPSA) is 43.7 Å². The lowest BCUT2D eigenvalue weighted by atomic mass is 10.1. The number of benzene rings is 1. The molecule has 0 amide bonds. The van der Waals surface area contributed by atoms with Crippen LogP contribution in [0.25, 0.3) is 0 Å². The van der Waals surface area contributed by atoms with E-state index >= 15 is 0 Å². The van der Waals surface area contributed by atoms with Gasteiger partial charge in [-0.15, -0.1) is 0 Å². The molecule has 0 bridgehead atoms. The minimum atomic E-state index is -0.663. The average molecular weight is 269 g/mol. The van der Waals surface area contributed by atoms with Crippen molar-refractivity contribution in [1.82, 2.24) is 4.90 Å². The number of hydrogen-bond donors (Lipinski definition) is 2. The van der Waals surface area contributed by atoms with E-state index in [1.165, 1.54) is 12.1 Å². The van der Waals surface area contributed by atoms with Crippen molar-refractivity contribution in [3.8, 4) is 0 Å². The van der Waals surface area contributed by atoms with E-state index in [0.29, 0.717) is 31.0 Å². The van der Waals surface area contributed by atoms with Crippen molar-refractivity contribution in [2.45, 2.75) is 26.4 Å². The Labute approximate surface area is 114 Å². The van der Waals surface area contributed by atoms with Gasteiger partial charge in [-0.05, 0) is 30.0 Å². The van der Waals surface area contributed by atoms with E-state index in [1.54, 1.807) is 12.1 Å². The molecule has 3 nitrogen and oxygen atoms in total. The summed E-state index contributed by atoms with van der Waals surface area (Å²) >= 11 is 0. The highest BCUT2D eigenvalue weighted by Crippen LogP contribution is 2.18. The molecule has 1 atom stereocenters. The molecule has 0 saturated heterocycles. The second-order valence-corrected chi connectivity index (χ2v) is 5.28. The summed E-state index contributed by atoms with van der Waals surface area (Å²) in [6, 6.07) is 6.07. The Hall–Kier alpha value is -0.970. The Morgan fingerprint density at radius 3 is 2.58 bits per heavy atom. The first-order valence-corrected chi connectivity index (χ1v) is 6.79. The molecule has 19 heavy (non-hydrogen) atoms. The molecule has 1 rings (SSSR count). The van der Waals surface area contributed by atoms with Gasteiger partial charge < -0.3 is 15.1 Å². The van der Waals surface area contributed by atoms with Gasteiger partial charge in [0.2, 0.25) is 0 Å². The second-order valence-electron chi connectivity index (χ2n) is 5.28. The lowest BCUT2D eigenvalue weighted by Crippen LogP contribution is -2.32. The van der Waals surface area contributed by atoms with Crippen LogP contribution in [0.3, 0.4) is 0 Å². The predicted octanol–water partition coefficient (Wildman–Crippen LogP) is 2.20. The van der Waals surface area contributed by atoms with Crippen LogP contribution in [-0.2, 0) is 0 Å². The largest absolute Gasteiger partial charge is 0.395 e. The Morgan fingerprint density at radius 2 is 2.00 bits per heavy atom. The minimum Gasteiger partial charge on any atom is -0.395 e. The van der Waals surface area contributed by atoms with Crippen LogP contribution < -0.4 is 0 Å². The van der Waals surface area contributed by atoms with Crippen molar-refractivity contribution in [2.24, 2.45) is 5.92 Å². The van der Waals surface area contributed by atoms with E-state index in [2.05, 4.69) is 18.7 Å². The number of halogens is 1. The van der Waals surface area contributed by atoms with Gasteiger partial charge >= 0.3 is 0 Å². The van der Waals surface area contributed by atoms with Gasteiger partial charge in [-0.2, -0.15) is 0 Å². The number of hydrogen-bond acceptors (Lipinski definition) is 3. The third kappa shape index (κ3) is 6.14. The van der Waals surface area contributed by atoms with Crippen LogP contribution in [0.5, 0.6) is 0 Å². The highest BCUT2D eigenvalue weighted by atomic mass is 19.1. The van der Waals surface area contributed by atoms with Crippen molar-refractivity contribution in [1.29, 1.82) is 0 Å². The summed E-state index contributed by atoms with van der Waals surface area (Å²) in [4.78, 5) is 2.12. The van der Waals surface area contributed by atoms with Gasteiger partial charge in [0.15, 0.2) is 0 Å². The maximum atomic E-state index is 13.1. The summed E-state index contributed by atoms with van der Waals surface area (Å²) in [6.07, 6.45) is -0.125. The number of nitrogens with zero attached hydrogens (tertiary/aromatic N) is 1. The molecule has 1 unspecified atom stereocenters. The van der Waals surface area contributed by atoms with Gasteiger partial charge in [0, 0.05) is 19.6 Å². The number of aliphatic hydroxyl groups is 2. The maximum absolute atomic E-state index is 13.1. The molecule has 0 saturated carbocycles. The zero-order valence-corrected chi connectivity index (χ0v) is 11.7. The van der Waals surface area contributed by atoms with Crippen LogP contribution in [0.15, 0.2) is 24.3 Å². The van der Waals surface area contributed by atoms with E-state index in [0.717, 1.165) is 6.54 Å². The summed E-state index contributed by atoms with van der Waals surface area (Å²) in [6.45, 7) is 6.53. The van der Waals surface area contributed by atoms with Crippen LogP contribution >= 0.6 is 0 Å². The highest BCUT2D eigenvalue weighted by Gasteiger charge is 2.12. The van der Waals surface area contributed by atoms with E-state index in [4.69, 9.17) is 5.11 Å². The van der Waals surface area contributed by atoms with Crippen LogP contribution in [0.1, 0.15) is 31.9 Å². The van der Waals surface area contributed by atoms with Crippen molar-refractivity contribution >= 4 is 0 Å². The first-order valence-electron chi connectivity index (χ1n) is 6.79. The highest BCUT2D eigenvalue weighted by molar-refractivity contribution is 5.18. The van der Waals surface area contributed by atoms with E-state index in [9.17, 15) is 9.50 Å². The van der Waals surface area contributed by atoms with Gasteiger partial charge in [-0.25, -0.2) is 4.39 Å². The predicted molar refractivity (Wildman–Crippen MR) is 74.3 cm³/mol. The van der Waals surface area contributed by atoms with Gasteiger partial charge in [0.25, 0.3) is 0 Å². The van der Waals surface area contributed by atoms with Crippen LogP contribution in [0.4, 0.5) is 4.39 Å². The maximum Gasteiger partial charge on any atom is 0.123 e. The molecule has 1 aromatic carbocycles. The van der Waals surface area contributed by atoms with Crippen molar-refractivity contribution < 1.29 is 14.6 Å². The molecule has 0 heterocycles.